The van der Waals surface area contributed by atoms with Crippen molar-refractivity contribution in [3.8, 4) is 0 Å². The Bertz CT molecular complexity index is 1170. The van der Waals surface area contributed by atoms with Crippen molar-refractivity contribution in [2.45, 2.75) is 83.3 Å². The van der Waals surface area contributed by atoms with Gasteiger partial charge in [-0.3, -0.25) is 33.8 Å². The molecule has 42 heavy (non-hydrogen) atoms. The second-order valence-corrected chi connectivity index (χ2v) is 10.9. The highest BCUT2D eigenvalue weighted by molar-refractivity contribution is 7.14. The summed E-state index contributed by atoms with van der Waals surface area (Å²) in [6.45, 7) is 3.39. The number of likely N-dealkylation sites (N-methyl/N-ethyl adjacent to an activating group) is 1. The number of carbonyl (C=O) groups excluding carboxylic acids is 5. The first kappa shape index (κ1) is 34.1. The number of carboxylic acids is 1. The highest BCUT2D eigenvalue weighted by Crippen LogP contribution is 2.17. The Morgan fingerprint density at radius 3 is 2.48 bits per heavy atom. The predicted octanol–water partition coefficient (Wildman–Crippen LogP) is -0.237. The zero-order valence-corrected chi connectivity index (χ0v) is 24.9. The molecular weight excluding hydrogens is 568 g/mol. The molecule has 1 aromatic rings. The van der Waals surface area contributed by atoms with Crippen LogP contribution in [0, 0.1) is 0 Å². The third kappa shape index (κ3) is 11.4. The van der Waals surface area contributed by atoms with E-state index >= 15 is 0 Å². The summed E-state index contributed by atoms with van der Waals surface area (Å²) in [5, 5.41) is 20.9. The average Bonchev–Trinajstić information content (AvgIpc) is 3.35. The summed E-state index contributed by atoms with van der Waals surface area (Å²) < 4.78 is 0. The maximum atomic E-state index is 13.6. The number of carboxylic acid groups (broad SMARTS) is 1. The first-order valence-electron chi connectivity index (χ1n) is 13.8. The Balaban J connectivity index is 2.39. The molecule has 1 aliphatic rings. The summed E-state index contributed by atoms with van der Waals surface area (Å²) in [5.41, 5.74) is 5.93. The zero-order valence-electron chi connectivity index (χ0n) is 24.1. The van der Waals surface area contributed by atoms with Gasteiger partial charge in [-0.05, 0) is 26.2 Å². The Hall–Kier alpha value is -4.08. The molecule has 3 atom stereocenters. The number of thiazole rings is 1. The van der Waals surface area contributed by atoms with Gasteiger partial charge < -0.3 is 37.0 Å². The number of anilines is 1. The number of aliphatic imine (C=N–C) groups is 1. The number of aromatic nitrogens is 1. The molecule has 16 heteroatoms. The Morgan fingerprint density at radius 1 is 1.10 bits per heavy atom. The molecule has 0 unspecified atom stereocenters. The maximum Gasteiger partial charge on any atom is 0.305 e. The first-order chi connectivity index (χ1) is 19.9. The number of aliphatic carboxylic acids is 1. The number of hydrogen-bond acceptors (Lipinski definition) is 9. The van der Waals surface area contributed by atoms with Crippen molar-refractivity contribution >= 4 is 57.8 Å². The van der Waals surface area contributed by atoms with Crippen LogP contribution in [-0.4, -0.2) is 94.6 Å². The smallest absolute Gasteiger partial charge is 0.305 e. The number of fused-ring (bicyclic) bond motifs is 2. The van der Waals surface area contributed by atoms with Crippen LogP contribution in [0.2, 0.25) is 0 Å². The van der Waals surface area contributed by atoms with E-state index in [-0.39, 0.29) is 18.0 Å². The molecule has 2 rings (SSSR count). The van der Waals surface area contributed by atoms with Crippen molar-refractivity contribution in [2.24, 2.45) is 10.7 Å². The third-order valence-corrected chi connectivity index (χ3v) is 7.23. The van der Waals surface area contributed by atoms with Crippen LogP contribution in [0.4, 0.5) is 5.13 Å². The van der Waals surface area contributed by atoms with Gasteiger partial charge in [-0.15, -0.1) is 11.3 Å². The van der Waals surface area contributed by atoms with Crippen LogP contribution in [-0.2, 0) is 35.2 Å². The second-order valence-electron chi connectivity index (χ2n) is 9.99. The molecule has 0 saturated carbocycles. The minimum atomic E-state index is -1.46. The normalized spacial score (nSPS) is 21.5. The number of amidine groups is 1. The van der Waals surface area contributed by atoms with Crippen LogP contribution in [0.3, 0.4) is 0 Å². The Morgan fingerprint density at radius 2 is 1.81 bits per heavy atom. The summed E-state index contributed by atoms with van der Waals surface area (Å²) in [6, 6.07) is -3.37. The molecule has 7 N–H and O–H groups in total. The Kier molecular flexibility index (Phi) is 13.8. The van der Waals surface area contributed by atoms with Crippen molar-refractivity contribution in [3.05, 3.63) is 11.1 Å². The lowest BCUT2D eigenvalue weighted by molar-refractivity contribution is -0.142. The predicted molar refractivity (Wildman–Crippen MR) is 156 cm³/mol. The summed E-state index contributed by atoms with van der Waals surface area (Å²) in [4.78, 5) is 86.2. The van der Waals surface area contributed by atoms with Crippen LogP contribution in [0.1, 0.15) is 64.5 Å². The number of unbranched alkanes of at least 4 members (excludes halogenated alkanes) is 2. The standard InChI is InChI=1S/C26H40N8O7S/c1-4-5-6-8-17-25(41)34(3)19(9-7-10-28-15(2)27)24(40)29-13-21(36)32-18(12-22(37)38)23(39)33-26-30-16(14-42-26)11-20(35)31-17/h14,17-19H,4-13H2,1-3H3,(H2,27,28)(H,29,40)(H,31,35)(H,32,36)(H,37,38)(H,30,33,39)/t17-,18+,19+/m1/s1. The minimum Gasteiger partial charge on any atom is -0.481 e. The van der Waals surface area contributed by atoms with Crippen molar-refractivity contribution in [2.75, 3.05) is 25.5 Å². The van der Waals surface area contributed by atoms with Gasteiger partial charge in [-0.2, -0.15) is 0 Å². The van der Waals surface area contributed by atoms with Crippen molar-refractivity contribution in [1.29, 1.82) is 0 Å². The van der Waals surface area contributed by atoms with Crippen molar-refractivity contribution in [1.82, 2.24) is 25.8 Å². The fourth-order valence-corrected chi connectivity index (χ4v) is 4.97. The largest absolute Gasteiger partial charge is 0.481 e. The first-order valence-corrected chi connectivity index (χ1v) is 14.7. The molecule has 5 amide bonds. The van der Waals surface area contributed by atoms with E-state index in [2.05, 4.69) is 31.2 Å². The molecule has 1 aromatic heterocycles. The van der Waals surface area contributed by atoms with Crippen LogP contribution < -0.4 is 27.0 Å². The van der Waals surface area contributed by atoms with Crippen molar-refractivity contribution in [3.63, 3.8) is 0 Å². The highest BCUT2D eigenvalue weighted by atomic mass is 32.1. The van der Waals surface area contributed by atoms with Crippen LogP contribution >= 0.6 is 11.3 Å². The van der Waals surface area contributed by atoms with E-state index in [1.165, 1.54) is 11.9 Å². The van der Waals surface area contributed by atoms with E-state index in [0.717, 1.165) is 24.2 Å². The van der Waals surface area contributed by atoms with E-state index in [4.69, 9.17) is 5.73 Å². The number of amides is 5. The highest BCUT2D eigenvalue weighted by Gasteiger charge is 2.32. The van der Waals surface area contributed by atoms with Crippen molar-refractivity contribution < 1.29 is 33.9 Å². The molecule has 0 aromatic carbocycles. The van der Waals surface area contributed by atoms with Crippen LogP contribution in [0.5, 0.6) is 0 Å². The molecule has 232 valence electrons. The van der Waals surface area contributed by atoms with Gasteiger partial charge in [-0.25, -0.2) is 4.98 Å². The number of rotatable bonds is 10. The fourth-order valence-electron chi connectivity index (χ4n) is 4.26. The average molecular weight is 609 g/mol. The topological polar surface area (TPSA) is 225 Å². The van der Waals surface area contributed by atoms with Gasteiger partial charge in [-0.1, -0.05) is 26.2 Å². The van der Waals surface area contributed by atoms with E-state index in [9.17, 15) is 33.9 Å². The molecule has 0 spiro atoms. The number of hydrogen-bond donors (Lipinski definition) is 6. The van der Waals surface area contributed by atoms with Gasteiger partial charge in [0.25, 0.3) is 0 Å². The van der Waals surface area contributed by atoms with Crippen LogP contribution in [0.15, 0.2) is 10.4 Å². The Labute approximate surface area is 248 Å². The fraction of sp³-hybridized carbons (Fsp3) is 0.615. The lowest BCUT2D eigenvalue weighted by atomic mass is 10.0. The summed E-state index contributed by atoms with van der Waals surface area (Å²) in [6.07, 6.45) is 2.47. The van der Waals surface area contributed by atoms with Gasteiger partial charge in [0, 0.05) is 19.0 Å². The molecule has 0 fully saturated rings. The molecule has 0 aliphatic carbocycles. The molecule has 2 bridgehead atoms. The minimum absolute atomic E-state index is 0.106. The number of nitrogens with two attached hydrogens (primary N) is 1. The maximum absolute atomic E-state index is 13.6. The molecule has 1 aliphatic heterocycles. The molecule has 2 heterocycles. The number of nitrogens with zero attached hydrogens (tertiary/aromatic N) is 3. The molecule has 0 radical (unpaired) electrons. The van der Waals surface area contributed by atoms with Gasteiger partial charge in [0.05, 0.1) is 30.9 Å². The van der Waals surface area contributed by atoms with E-state index < -0.39 is 66.6 Å². The summed E-state index contributed by atoms with van der Waals surface area (Å²) >= 11 is 1.02. The second kappa shape index (κ2) is 17.0. The summed E-state index contributed by atoms with van der Waals surface area (Å²) in [5.74, 6) is -4.14. The quantitative estimate of drug-likeness (QED) is 0.117. The monoisotopic (exact) mass is 608 g/mol. The molecule has 15 nitrogen and oxygen atoms in total. The zero-order chi connectivity index (χ0) is 31.2. The van der Waals surface area contributed by atoms with E-state index in [0.29, 0.717) is 37.3 Å². The summed E-state index contributed by atoms with van der Waals surface area (Å²) in [7, 11) is 1.46. The van der Waals surface area contributed by atoms with Gasteiger partial charge in [0.1, 0.15) is 18.1 Å². The number of carbonyl (C=O) groups is 6. The van der Waals surface area contributed by atoms with Crippen LogP contribution in [0.25, 0.3) is 0 Å². The number of nitrogens with one attached hydrogen (secondary N) is 4. The lowest BCUT2D eigenvalue weighted by Crippen LogP contribution is -2.55. The molecular formula is C26H40N8O7S. The van der Waals surface area contributed by atoms with Gasteiger partial charge >= 0.3 is 5.97 Å². The van der Waals surface area contributed by atoms with E-state index in [1.54, 1.807) is 12.3 Å². The lowest BCUT2D eigenvalue weighted by Gasteiger charge is -2.31. The SMILES string of the molecule is CCCCC[C@H]1NC(=O)Cc2csc(n2)NC(=O)[C@H](CC(=O)O)NC(=O)CNC(=O)[C@H](CCCN=C(C)N)N(C)C1=O. The van der Waals surface area contributed by atoms with Gasteiger partial charge in [0.15, 0.2) is 5.13 Å². The van der Waals surface area contributed by atoms with Gasteiger partial charge in [0.2, 0.25) is 29.5 Å². The third-order valence-electron chi connectivity index (χ3n) is 6.42. The molecule has 0 saturated heterocycles. The van der Waals surface area contributed by atoms with E-state index in [1.807, 2.05) is 6.92 Å².